The van der Waals surface area contributed by atoms with E-state index in [0.717, 1.165) is 44.5 Å². The second-order valence-corrected chi connectivity index (χ2v) is 46.5. The van der Waals surface area contributed by atoms with Gasteiger partial charge in [0.25, 0.3) is 0 Å². The number of amides is 2. The summed E-state index contributed by atoms with van der Waals surface area (Å²) in [5, 5.41) is 6.56. The van der Waals surface area contributed by atoms with Crippen LogP contribution in [0.3, 0.4) is 0 Å². The minimum absolute atomic E-state index is 0.0832. The summed E-state index contributed by atoms with van der Waals surface area (Å²) in [5.74, 6) is -0.231. The van der Waals surface area contributed by atoms with Crippen LogP contribution in [0, 0.1) is 39.5 Å². The van der Waals surface area contributed by atoms with E-state index in [9.17, 15) is 9.59 Å². The van der Waals surface area contributed by atoms with E-state index in [2.05, 4.69) is 151 Å². The van der Waals surface area contributed by atoms with Gasteiger partial charge in [0, 0.05) is 0 Å². The van der Waals surface area contributed by atoms with Crippen LogP contribution in [0.15, 0.2) is 83.9 Å². The summed E-state index contributed by atoms with van der Waals surface area (Å²) in [6.07, 6.45) is 5.11. The van der Waals surface area contributed by atoms with Crippen LogP contribution in [0.2, 0.25) is 0 Å². The van der Waals surface area contributed by atoms with Crippen LogP contribution in [0.5, 0.6) is 0 Å². The predicted octanol–water partition coefficient (Wildman–Crippen LogP) is 12.2. The Labute approximate surface area is 331 Å². The molecule has 0 aliphatic heterocycles. The Morgan fingerprint density at radius 2 is 0.963 bits per heavy atom. The summed E-state index contributed by atoms with van der Waals surface area (Å²) >= 11 is -6.19. The molecule has 6 rings (SSSR count). The monoisotopic (exact) mass is 927 g/mol. The quantitative estimate of drug-likeness (QED) is 0.147. The number of fused-ring (bicyclic) bond motifs is 2. The Balaban J connectivity index is 1.73. The van der Waals surface area contributed by atoms with Crippen molar-refractivity contribution in [1.29, 1.82) is 0 Å². The molecule has 2 atom stereocenters. The number of hydrogen-bond acceptors (Lipinski definition) is 2. The first-order valence-corrected chi connectivity index (χ1v) is 34.6. The van der Waals surface area contributed by atoms with Crippen molar-refractivity contribution in [2.24, 2.45) is 11.8 Å². The third-order valence-electron chi connectivity index (χ3n) is 12.2. The van der Waals surface area contributed by atoms with E-state index in [1.807, 2.05) is 13.8 Å². The molecular weight excluding hydrogens is 873 g/mol. The van der Waals surface area contributed by atoms with Crippen molar-refractivity contribution in [3.63, 3.8) is 0 Å². The molecular formula is C46H54BCl2HfN2O2. The van der Waals surface area contributed by atoms with Gasteiger partial charge >= 0.3 is 334 Å². The number of benzene rings is 4. The van der Waals surface area contributed by atoms with Gasteiger partial charge in [-0.3, -0.25) is 0 Å². The zero-order chi connectivity index (χ0) is 39.3. The molecule has 0 radical (unpaired) electrons. The molecule has 0 fully saturated rings. The van der Waals surface area contributed by atoms with Gasteiger partial charge in [-0.05, 0) is 0 Å². The average Bonchev–Trinajstić information content (AvgIpc) is 3.75. The summed E-state index contributed by atoms with van der Waals surface area (Å²) in [5.41, 5.74) is 16.2. The summed E-state index contributed by atoms with van der Waals surface area (Å²) < 4.78 is -1.77. The maximum atomic E-state index is 13.7. The van der Waals surface area contributed by atoms with E-state index >= 15 is 0 Å². The van der Waals surface area contributed by atoms with Gasteiger partial charge in [0.05, 0.1) is 0 Å². The minimum atomic E-state index is -6.19. The van der Waals surface area contributed by atoms with Crippen LogP contribution in [0.4, 0.5) is 0 Å². The number of rotatable bonds is 11. The first-order valence-electron chi connectivity index (χ1n) is 19.5. The molecule has 2 aliphatic rings. The van der Waals surface area contributed by atoms with E-state index in [-0.39, 0.29) is 36.5 Å². The summed E-state index contributed by atoms with van der Waals surface area (Å²) in [6.45, 7) is 21.1. The number of hydrogen-bond donors (Lipinski definition) is 2. The number of allylic oxidation sites excluding steroid dienone is 2. The van der Waals surface area contributed by atoms with Crippen molar-refractivity contribution < 1.29 is 25.5 Å². The summed E-state index contributed by atoms with van der Waals surface area (Å²) in [6, 6.07) is 25.9. The Morgan fingerprint density at radius 1 is 0.611 bits per heavy atom. The first kappa shape index (κ1) is 40.5. The molecule has 4 nitrogen and oxygen atoms in total. The van der Waals surface area contributed by atoms with Gasteiger partial charge in [0.15, 0.2) is 0 Å². The molecule has 0 bridgehead atoms. The molecule has 281 valence electrons. The van der Waals surface area contributed by atoms with Gasteiger partial charge in [-0.15, -0.1) is 0 Å². The standard InChI is InChI=1S/2C20H21.C6H11BN2O2.2ClH.Hf/c2*1-13(2)17-11-16-8-6-10-19(20(16)12-17)18-9-5-7-14(3)15(18)4;1-3-5(10)8-7-9-6(11)4-2;;;/h2*5-13H,1-4H3;3-4H2,1-2H3,(H-,8,9,10,11);2*1H;/q;;;;;+1/p-1. The molecule has 0 saturated carbocycles. The molecule has 2 amide bonds. The molecule has 2 unspecified atom stereocenters. The van der Waals surface area contributed by atoms with Crippen molar-refractivity contribution >= 4 is 45.7 Å². The molecule has 0 heterocycles. The Bertz CT molecular complexity index is 2070. The van der Waals surface area contributed by atoms with Crippen LogP contribution < -0.4 is 10.5 Å². The van der Waals surface area contributed by atoms with E-state index in [0.29, 0.717) is 0 Å². The second kappa shape index (κ2) is 15.4. The number of nitrogens with one attached hydrogen (secondary N) is 2. The number of aryl methyl sites for hydroxylation is 2. The Morgan fingerprint density at radius 3 is 1.31 bits per heavy atom. The molecule has 4 aromatic rings. The topological polar surface area (TPSA) is 58.2 Å². The summed E-state index contributed by atoms with van der Waals surface area (Å²) in [7, 11) is 17.8. The first-order chi connectivity index (χ1) is 25.5. The molecule has 54 heavy (non-hydrogen) atoms. The fourth-order valence-electron chi connectivity index (χ4n) is 8.98. The van der Waals surface area contributed by atoms with Crippen LogP contribution >= 0.6 is 17.2 Å². The van der Waals surface area contributed by atoms with Gasteiger partial charge in [-0.25, -0.2) is 0 Å². The van der Waals surface area contributed by atoms with Crippen molar-refractivity contribution in [1.82, 2.24) is 10.5 Å². The molecule has 2 N–H and O–H groups in total. The fourth-order valence-corrected chi connectivity index (χ4v) is 39.1. The van der Waals surface area contributed by atoms with Crippen molar-refractivity contribution in [2.75, 3.05) is 0 Å². The van der Waals surface area contributed by atoms with Crippen LogP contribution in [0.1, 0.15) is 106 Å². The number of halogens is 2. The maximum absolute atomic E-state index is 13.7. The molecule has 2 aliphatic carbocycles. The van der Waals surface area contributed by atoms with Gasteiger partial charge in [0.1, 0.15) is 0 Å². The van der Waals surface area contributed by atoms with Crippen molar-refractivity contribution in [3.8, 4) is 22.3 Å². The number of carbonyl (C=O) groups excluding carboxylic acids is 2. The van der Waals surface area contributed by atoms with Gasteiger partial charge < -0.3 is 0 Å². The molecule has 0 aromatic heterocycles. The van der Waals surface area contributed by atoms with E-state index < -0.39 is 27.8 Å². The molecule has 8 heteroatoms. The van der Waals surface area contributed by atoms with E-state index in [4.69, 9.17) is 17.2 Å². The average molecular weight is 927 g/mol. The van der Waals surface area contributed by atoms with Crippen molar-refractivity contribution in [3.05, 3.63) is 128 Å². The zero-order valence-electron chi connectivity index (χ0n) is 33.5. The van der Waals surface area contributed by atoms with E-state index in [1.54, 1.807) is 0 Å². The zero-order valence-corrected chi connectivity index (χ0v) is 38.6. The molecule has 4 aromatic carbocycles. The molecule has 0 spiro atoms. The van der Waals surface area contributed by atoms with E-state index in [1.165, 1.54) is 33.4 Å². The molecule has 0 saturated heterocycles. The Hall–Kier alpha value is -3.18. The van der Waals surface area contributed by atoms with Crippen LogP contribution in [-0.2, 0) is 25.5 Å². The second-order valence-electron chi connectivity index (χ2n) is 16.1. The van der Waals surface area contributed by atoms with Crippen molar-refractivity contribution in [2.45, 2.75) is 89.4 Å². The third-order valence-corrected chi connectivity index (χ3v) is 40.5. The SMILES string of the molecule is CCC(=O)N[B](NC(=O)CC)[Hf]([Cl])([Cl])([CH]1C(C(C)C)=Cc2c(-c3cccc(C)c3C)cccc21)[CH]1C(C(C)C)=Cc2c(-c3cccc(C)c3C)cccc21. The van der Waals surface area contributed by atoms with Crippen LogP contribution in [-0.4, -0.2) is 16.4 Å². The van der Waals surface area contributed by atoms with Crippen LogP contribution in [0.25, 0.3) is 34.4 Å². The number of carbonyl (C=O) groups is 2. The van der Waals surface area contributed by atoms with Gasteiger partial charge in [0.2, 0.25) is 0 Å². The fraction of sp³-hybridized carbons (Fsp3) is 0.348. The summed E-state index contributed by atoms with van der Waals surface area (Å²) in [4.78, 5) is 27.4. The predicted molar refractivity (Wildman–Crippen MR) is 228 cm³/mol. The van der Waals surface area contributed by atoms with Gasteiger partial charge in [-0.2, -0.15) is 0 Å². The third kappa shape index (κ3) is 6.73. The normalized spacial score (nSPS) is 17.0. The van der Waals surface area contributed by atoms with Gasteiger partial charge in [-0.1, -0.05) is 0 Å². The Kier molecular flexibility index (Phi) is 11.5.